The number of hydrogen-bond donors (Lipinski definition) is 2. The van der Waals surface area contributed by atoms with Crippen molar-refractivity contribution < 1.29 is 14.6 Å². The van der Waals surface area contributed by atoms with Gasteiger partial charge in [-0.25, -0.2) is 4.68 Å². The van der Waals surface area contributed by atoms with Gasteiger partial charge in [-0.2, -0.15) is 5.10 Å². The summed E-state index contributed by atoms with van der Waals surface area (Å²) in [5, 5.41) is 16.8. The van der Waals surface area contributed by atoms with Gasteiger partial charge in [0.05, 0.1) is 24.0 Å². The standard InChI is InChI=1S/C15H19N3O3/c1-10(11(2)21-3)16-15(20)14-13(19)9-18(17-14)12-7-5-4-6-8-12/h4-11,19H,1-3H3,(H,16,20)/t10-,11+/m0/s1. The summed E-state index contributed by atoms with van der Waals surface area (Å²) in [5.41, 5.74) is 0.763. The molecule has 0 aliphatic carbocycles. The second-order valence-electron chi connectivity index (χ2n) is 4.85. The summed E-state index contributed by atoms with van der Waals surface area (Å²) in [6.07, 6.45) is 1.28. The van der Waals surface area contributed by atoms with Crippen LogP contribution in [-0.2, 0) is 4.74 Å². The molecule has 0 fully saturated rings. The summed E-state index contributed by atoms with van der Waals surface area (Å²) < 4.78 is 6.62. The number of ether oxygens (including phenoxy) is 1. The third-order valence-electron chi connectivity index (χ3n) is 3.37. The van der Waals surface area contributed by atoms with Gasteiger partial charge < -0.3 is 15.2 Å². The molecular weight excluding hydrogens is 270 g/mol. The van der Waals surface area contributed by atoms with E-state index in [1.165, 1.54) is 10.9 Å². The topological polar surface area (TPSA) is 76.4 Å². The molecule has 0 aliphatic heterocycles. The molecule has 0 aliphatic rings. The molecule has 0 saturated carbocycles. The van der Waals surface area contributed by atoms with Gasteiger partial charge in [-0.15, -0.1) is 0 Å². The normalized spacial score (nSPS) is 13.7. The molecule has 21 heavy (non-hydrogen) atoms. The first-order chi connectivity index (χ1) is 10.0. The van der Waals surface area contributed by atoms with Gasteiger partial charge in [0.2, 0.25) is 0 Å². The van der Waals surface area contributed by atoms with Crippen LogP contribution in [0.15, 0.2) is 36.5 Å². The molecular formula is C15H19N3O3. The third-order valence-corrected chi connectivity index (χ3v) is 3.37. The molecule has 6 nitrogen and oxygen atoms in total. The average molecular weight is 289 g/mol. The molecule has 2 atom stereocenters. The van der Waals surface area contributed by atoms with E-state index < -0.39 is 5.91 Å². The number of amides is 1. The molecule has 0 bridgehead atoms. The molecule has 0 spiro atoms. The van der Waals surface area contributed by atoms with E-state index in [4.69, 9.17) is 4.74 Å². The van der Waals surface area contributed by atoms with Crippen molar-refractivity contribution >= 4 is 5.91 Å². The molecule has 1 heterocycles. The Bertz CT molecular complexity index is 610. The zero-order valence-corrected chi connectivity index (χ0v) is 12.3. The van der Waals surface area contributed by atoms with E-state index in [0.29, 0.717) is 0 Å². The van der Waals surface area contributed by atoms with E-state index in [1.54, 1.807) is 7.11 Å². The van der Waals surface area contributed by atoms with Gasteiger partial charge in [0, 0.05) is 7.11 Å². The average Bonchev–Trinajstić information content (AvgIpc) is 2.89. The first-order valence-corrected chi connectivity index (χ1v) is 6.70. The van der Waals surface area contributed by atoms with Crippen LogP contribution < -0.4 is 5.32 Å². The molecule has 2 N–H and O–H groups in total. The lowest BCUT2D eigenvalue weighted by Crippen LogP contribution is -2.40. The number of aromatic nitrogens is 2. The smallest absolute Gasteiger partial charge is 0.275 e. The number of carbonyl (C=O) groups excluding carboxylic acids is 1. The quantitative estimate of drug-likeness (QED) is 0.879. The maximum absolute atomic E-state index is 12.1. The fourth-order valence-electron chi connectivity index (χ4n) is 1.84. The summed E-state index contributed by atoms with van der Waals surface area (Å²) in [5.74, 6) is -0.591. The Balaban J connectivity index is 2.18. The van der Waals surface area contributed by atoms with Gasteiger partial charge in [0.15, 0.2) is 11.4 Å². The van der Waals surface area contributed by atoms with Crippen molar-refractivity contribution in [3.63, 3.8) is 0 Å². The Labute approximate surface area is 123 Å². The van der Waals surface area contributed by atoms with Crippen LogP contribution in [0.2, 0.25) is 0 Å². The lowest BCUT2D eigenvalue weighted by Gasteiger charge is -2.19. The molecule has 1 aromatic carbocycles. The number of carbonyl (C=O) groups is 1. The molecule has 2 rings (SSSR count). The summed E-state index contributed by atoms with van der Waals surface area (Å²) in [6, 6.07) is 9.08. The zero-order chi connectivity index (χ0) is 15.4. The highest BCUT2D eigenvalue weighted by atomic mass is 16.5. The minimum absolute atomic E-state index is 0.00555. The largest absolute Gasteiger partial charge is 0.504 e. The van der Waals surface area contributed by atoms with Crippen molar-refractivity contribution in [1.82, 2.24) is 15.1 Å². The van der Waals surface area contributed by atoms with E-state index in [-0.39, 0.29) is 23.6 Å². The fourth-order valence-corrected chi connectivity index (χ4v) is 1.84. The molecule has 1 aromatic heterocycles. The van der Waals surface area contributed by atoms with Crippen LogP contribution >= 0.6 is 0 Å². The van der Waals surface area contributed by atoms with Gasteiger partial charge in [0.25, 0.3) is 5.91 Å². The monoisotopic (exact) mass is 289 g/mol. The third kappa shape index (κ3) is 3.41. The van der Waals surface area contributed by atoms with E-state index in [2.05, 4.69) is 10.4 Å². The first-order valence-electron chi connectivity index (χ1n) is 6.70. The van der Waals surface area contributed by atoms with Crippen molar-refractivity contribution in [2.75, 3.05) is 7.11 Å². The zero-order valence-electron chi connectivity index (χ0n) is 12.3. The van der Waals surface area contributed by atoms with Gasteiger partial charge in [-0.3, -0.25) is 4.79 Å². The van der Waals surface area contributed by atoms with Crippen LogP contribution in [0.3, 0.4) is 0 Å². The van der Waals surface area contributed by atoms with Gasteiger partial charge >= 0.3 is 0 Å². The Hall–Kier alpha value is -2.34. The minimum atomic E-state index is -0.432. The van der Waals surface area contributed by atoms with E-state index in [9.17, 15) is 9.90 Å². The number of methoxy groups -OCH3 is 1. The van der Waals surface area contributed by atoms with Crippen molar-refractivity contribution in [1.29, 1.82) is 0 Å². The van der Waals surface area contributed by atoms with Crippen molar-refractivity contribution in [3.05, 3.63) is 42.2 Å². The van der Waals surface area contributed by atoms with Gasteiger partial charge in [-0.05, 0) is 26.0 Å². The van der Waals surface area contributed by atoms with Crippen LogP contribution in [-0.4, -0.2) is 40.0 Å². The highest BCUT2D eigenvalue weighted by Gasteiger charge is 2.21. The summed E-state index contributed by atoms with van der Waals surface area (Å²) >= 11 is 0. The first kappa shape index (κ1) is 15.1. The molecule has 0 saturated heterocycles. The number of benzene rings is 1. The lowest BCUT2D eigenvalue weighted by molar-refractivity contribution is 0.0730. The summed E-state index contributed by atoms with van der Waals surface area (Å²) in [4.78, 5) is 12.1. The predicted octanol–water partition coefficient (Wildman–Crippen LogP) is 1.73. The summed E-state index contributed by atoms with van der Waals surface area (Å²) in [7, 11) is 1.58. The van der Waals surface area contributed by atoms with E-state index in [1.807, 2.05) is 44.2 Å². The summed E-state index contributed by atoms with van der Waals surface area (Å²) in [6.45, 7) is 3.69. The molecule has 112 valence electrons. The van der Waals surface area contributed by atoms with Crippen LogP contribution in [0.4, 0.5) is 0 Å². The number of nitrogens with zero attached hydrogens (tertiary/aromatic N) is 2. The fraction of sp³-hybridized carbons (Fsp3) is 0.333. The van der Waals surface area contributed by atoms with Crippen LogP contribution in [0.5, 0.6) is 5.75 Å². The Morgan fingerprint density at radius 2 is 2.00 bits per heavy atom. The Kier molecular flexibility index (Phi) is 4.59. The number of rotatable bonds is 5. The highest BCUT2D eigenvalue weighted by molar-refractivity contribution is 5.95. The number of para-hydroxylation sites is 1. The van der Waals surface area contributed by atoms with Crippen LogP contribution in [0.25, 0.3) is 5.69 Å². The second kappa shape index (κ2) is 6.41. The van der Waals surface area contributed by atoms with Crippen molar-refractivity contribution in [2.24, 2.45) is 0 Å². The molecule has 2 aromatic rings. The van der Waals surface area contributed by atoms with E-state index >= 15 is 0 Å². The number of hydrogen-bond acceptors (Lipinski definition) is 4. The van der Waals surface area contributed by atoms with Crippen LogP contribution in [0, 0.1) is 0 Å². The highest BCUT2D eigenvalue weighted by Crippen LogP contribution is 2.18. The van der Waals surface area contributed by atoms with Crippen molar-refractivity contribution in [2.45, 2.75) is 26.0 Å². The SMILES string of the molecule is CO[C@H](C)[C@H](C)NC(=O)c1nn(-c2ccccc2)cc1O. The Morgan fingerprint density at radius 1 is 1.33 bits per heavy atom. The van der Waals surface area contributed by atoms with E-state index in [0.717, 1.165) is 5.69 Å². The maximum Gasteiger partial charge on any atom is 0.275 e. The minimum Gasteiger partial charge on any atom is -0.504 e. The number of aromatic hydroxyl groups is 1. The predicted molar refractivity (Wildman–Crippen MR) is 78.6 cm³/mol. The Morgan fingerprint density at radius 3 is 2.62 bits per heavy atom. The number of nitrogens with one attached hydrogen (secondary N) is 1. The molecule has 1 amide bonds. The maximum atomic E-state index is 12.1. The molecule has 0 radical (unpaired) electrons. The molecule has 0 unspecified atom stereocenters. The second-order valence-corrected chi connectivity index (χ2v) is 4.85. The molecule has 6 heteroatoms. The van der Waals surface area contributed by atoms with Crippen LogP contribution in [0.1, 0.15) is 24.3 Å². The lowest BCUT2D eigenvalue weighted by atomic mass is 10.2. The van der Waals surface area contributed by atoms with Gasteiger partial charge in [-0.1, -0.05) is 18.2 Å². The van der Waals surface area contributed by atoms with Gasteiger partial charge in [0.1, 0.15) is 0 Å². The van der Waals surface area contributed by atoms with Crippen molar-refractivity contribution in [3.8, 4) is 11.4 Å².